The molecule has 5 nitrogen and oxygen atoms in total. The van der Waals surface area contributed by atoms with E-state index < -0.39 is 0 Å². The van der Waals surface area contributed by atoms with E-state index in [2.05, 4.69) is 23.8 Å². The van der Waals surface area contributed by atoms with Crippen molar-refractivity contribution >= 4 is 11.7 Å². The van der Waals surface area contributed by atoms with Crippen LogP contribution in [0.15, 0.2) is 12.4 Å². The fourth-order valence-corrected chi connectivity index (χ4v) is 1.30. The number of anilines is 1. The van der Waals surface area contributed by atoms with Crippen LogP contribution < -0.4 is 5.73 Å². The number of carbonyl (C=O) groups excluding carboxylic acids is 1. The molecule has 0 spiro atoms. The molecule has 0 aromatic carbocycles. The molecule has 16 heavy (non-hydrogen) atoms. The molecule has 1 amide bonds. The average molecular weight is 222 g/mol. The molecule has 0 saturated heterocycles. The first-order valence-corrected chi connectivity index (χ1v) is 5.28. The molecule has 0 aliphatic carbocycles. The topological polar surface area (TPSA) is 72.1 Å². The van der Waals surface area contributed by atoms with Crippen molar-refractivity contribution in [1.82, 2.24) is 14.9 Å². The highest BCUT2D eigenvalue weighted by Crippen LogP contribution is 2.11. The van der Waals surface area contributed by atoms with E-state index in [0.717, 1.165) is 0 Å². The summed E-state index contributed by atoms with van der Waals surface area (Å²) in [6.07, 6.45) is 2.85. The number of amides is 1. The maximum absolute atomic E-state index is 12.0. The van der Waals surface area contributed by atoms with Gasteiger partial charge in [-0.3, -0.25) is 9.78 Å². The molecule has 1 atom stereocenters. The van der Waals surface area contributed by atoms with E-state index in [1.54, 1.807) is 11.9 Å². The van der Waals surface area contributed by atoms with Crippen LogP contribution in [-0.2, 0) is 0 Å². The van der Waals surface area contributed by atoms with Gasteiger partial charge in [-0.2, -0.15) is 0 Å². The summed E-state index contributed by atoms with van der Waals surface area (Å²) >= 11 is 0. The fourth-order valence-electron chi connectivity index (χ4n) is 1.30. The summed E-state index contributed by atoms with van der Waals surface area (Å²) < 4.78 is 0. The Morgan fingerprint density at radius 3 is 2.50 bits per heavy atom. The van der Waals surface area contributed by atoms with Crippen molar-refractivity contribution in [3.63, 3.8) is 0 Å². The Morgan fingerprint density at radius 1 is 1.38 bits per heavy atom. The van der Waals surface area contributed by atoms with E-state index in [9.17, 15) is 4.79 Å². The normalized spacial score (nSPS) is 12.6. The van der Waals surface area contributed by atoms with Crippen molar-refractivity contribution < 1.29 is 4.79 Å². The van der Waals surface area contributed by atoms with Gasteiger partial charge in [0.15, 0.2) is 0 Å². The number of nitrogen functional groups attached to an aromatic ring is 1. The van der Waals surface area contributed by atoms with Crippen LogP contribution in [0, 0.1) is 5.92 Å². The van der Waals surface area contributed by atoms with Gasteiger partial charge in [0.1, 0.15) is 11.5 Å². The van der Waals surface area contributed by atoms with Crippen molar-refractivity contribution in [2.24, 2.45) is 5.92 Å². The lowest BCUT2D eigenvalue weighted by Gasteiger charge is -2.27. The molecule has 2 N–H and O–H groups in total. The molecule has 1 unspecified atom stereocenters. The number of aromatic nitrogens is 2. The molecule has 0 saturated carbocycles. The Bertz CT molecular complexity index is 378. The van der Waals surface area contributed by atoms with E-state index in [-0.39, 0.29) is 23.5 Å². The molecular formula is C11H18N4O. The van der Waals surface area contributed by atoms with E-state index in [4.69, 9.17) is 5.73 Å². The smallest absolute Gasteiger partial charge is 0.274 e. The quantitative estimate of drug-likeness (QED) is 0.833. The predicted octanol–water partition coefficient (Wildman–Crippen LogP) is 1.18. The van der Waals surface area contributed by atoms with Gasteiger partial charge in [0.2, 0.25) is 0 Å². The SMILES string of the molecule is CC(C)C(C)N(C)C(=O)c1cncc(N)n1. The highest BCUT2D eigenvalue weighted by Gasteiger charge is 2.21. The monoisotopic (exact) mass is 222 g/mol. The average Bonchev–Trinajstić information content (AvgIpc) is 2.26. The van der Waals surface area contributed by atoms with Crippen LogP contribution in [0.1, 0.15) is 31.3 Å². The highest BCUT2D eigenvalue weighted by molar-refractivity contribution is 5.92. The molecule has 0 radical (unpaired) electrons. The van der Waals surface area contributed by atoms with Gasteiger partial charge >= 0.3 is 0 Å². The number of hydrogen-bond acceptors (Lipinski definition) is 4. The van der Waals surface area contributed by atoms with E-state index >= 15 is 0 Å². The summed E-state index contributed by atoms with van der Waals surface area (Å²) in [4.78, 5) is 21.5. The Labute approximate surface area is 95.7 Å². The van der Waals surface area contributed by atoms with Gasteiger partial charge in [-0.1, -0.05) is 13.8 Å². The van der Waals surface area contributed by atoms with Crippen LogP contribution >= 0.6 is 0 Å². The van der Waals surface area contributed by atoms with Crippen LogP contribution in [0.3, 0.4) is 0 Å². The maximum atomic E-state index is 12.0. The van der Waals surface area contributed by atoms with Crippen molar-refractivity contribution in [1.29, 1.82) is 0 Å². The van der Waals surface area contributed by atoms with Crippen LogP contribution in [-0.4, -0.2) is 33.9 Å². The summed E-state index contributed by atoms with van der Waals surface area (Å²) in [6.45, 7) is 6.14. The molecule has 0 aliphatic rings. The molecule has 0 bridgehead atoms. The lowest BCUT2D eigenvalue weighted by molar-refractivity contribution is 0.0701. The third-order valence-electron chi connectivity index (χ3n) is 2.77. The van der Waals surface area contributed by atoms with Crippen LogP contribution in [0.2, 0.25) is 0 Å². The molecule has 88 valence electrons. The Balaban J connectivity index is 2.86. The lowest BCUT2D eigenvalue weighted by Crippen LogP contribution is -2.38. The molecule has 1 aromatic heterocycles. The summed E-state index contributed by atoms with van der Waals surface area (Å²) in [5.74, 6) is 0.500. The minimum atomic E-state index is -0.152. The van der Waals surface area contributed by atoms with Crippen molar-refractivity contribution in [3.05, 3.63) is 18.1 Å². The van der Waals surface area contributed by atoms with Crippen LogP contribution in [0.5, 0.6) is 0 Å². The van der Waals surface area contributed by atoms with E-state index in [1.807, 2.05) is 6.92 Å². The van der Waals surface area contributed by atoms with Gasteiger partial charge in [0.05, 0.1) is 12.4 Å². The molecule has 0 aliphatic heterocycles. The van der Waals surface area contributed by atoms with Crippen molar-refractivity contribution in [2.45, 2.75) is 26.8 Å². The van der Waals surface area contributed by atoms with Gasteiger partial charge in [-0.15, -0.1) is 0 Å². The number of nitrogens with zero attached hydrogens (tertiary/aromatic N) is 3. The van der Waals surface area contributed by atoms with Crippen LogP contribution in [0.4, 0.5) is 5.82 Å². The van der Waals surface area contributed by atoms with E-state index in [0.29, 0.717) is 5.92 Å². The Kier molecular flexibility index (Phi) is 3.82. The summed E-state index contributed by atoms with van der Waals surface area (Å²) in [7, 11) is 1.76. The number of hydrogen-bond donors (Lipinski definition) is 1. The molecule has 0 fully saturated rings. The minimum Gasteiger partial charge on any atom is -0.382 e. The molecule has 1 rings (SSSR count). The third-order valence-corrected chi connectivity index (χ3v) is 2.77. The summed E-state index contributed by atoms with van der Waals surface area (Å²) in [6, 6.07) is 0.149. The van der Waals surface area contributed by atoms with Crippen LogP contribution in [0.25, 0.3) is 0 Å². The first kappa shape index (κ1) is 12.4. The molecule has 1 heterocycles. The van der Waals surface area contributed by atoms with Crippen molar-refractivity contribution in [2.75, 3.05) is 12.8 Å². The minimum absolute atomic E-state index is 0.149. The number of nitrogens with two attached hydrogens (primary N) is 1. The molecule has 1 aromatic rings. The third kappa shape index (κ3) is 2.68. The second kappa shape index (κ2) is 4.92. The first-order chi connectivity index (χ1) is 7.43. The molecular weight excluding hydrogens is 204 g/mol. The van der Waals surface area contributed by atoms with Crippen molar-refractivity contribution in [3.8, 4) is 0 Å². The largest absolute Gasteiger partial charge is 0.382 e. The van der Waals surface area contributed by atoms with Gasteiger partial charge in [0, 0.05) is 13.1 Å². The fraction of sp³-hybridized carbons (Fsp3) is 0.545. The van der Waals surface area contributed by atoms with Gasteiger partial charge in [-0.05, 0) is 12.8 Å². The summed E-state index contributed by atoms with van der Waals surface area (Å²) in [5, 5.41) is 0. The first-order valence-electron chi connectivity index (χ1n) is 5.28. The lowest BCUT2D eigenvalue weighted by atomic mass is 10.1. The second-order valence-corrected chi connectivity index (χ2v) is 4.23. The summed E-state index contributed by atoms with van der Waals surface area (Å²) in [5.41, 5.74) is 5.78. The highest BCUT2D eigenvalue weighted by atomic mass is 16.2. The zero-order valence-electron chi connectivity index (χ0n) is 10.1. The Morgan fingerprint density at radius 2 is 2.00 bits per heavy atom. The van der Waals surface area contributed by atoms with Gasteiger partial charge in [0.25, 0.3) is 5.91 Å². The zero-order valence-corrected chi connectivity index (χ0v) is 10.1. The molecule has 5 heteroatoms. The number of carbonyl (C=O) groups is 1. The zero-order chi connectivity index (χ0) is 12.3. The second-order valence-electron chi connectivity index (χ2n) is 4.23. The number of rotatable bonds is 3. The van der Waals surface area contributed by atoms with Gasteiger partial charge < -0.3 is 10.6 Å². The Hall–Kier alpha value is -1.65. The standard InChI is InChI=1S/C11H18N4O/c1-7(2)8(3)15(4)11(16)9-5-13-6-10(12)14-9/h5-8H,1-4H3,(H2,12,14). The predicted molar refractivity (Wildman–Crippen MR) is 62.8 cm³/mol. The van der Waals surface area contributed by atoms with E-state index in [1.165, 1.54) is 12.4 Å². The maximum Gasteiger partial charge on any atom is 0.274 e. The van der Waals surface area contributed by atoms with Gasteiger partial charge in [-0.25, -0.2) is 4.98 Å².